The number of nitrogens with two attached hydrogens (primary N) is 1. The summed E-state index contributed by atoms with van der Waals surface area (Å²) in [6.45, 7) is 8.49. The van der Waals surface area contributed by atoms with Crippen LogP contribution in [-0.2, 0) is 13.0 Å². The Morgan fingerprint density at radius 1 is 1.38 bits per heavy atom. The molecule has 0 bridgehead atoms. The molecule has 92 valence electrons. The van der Waals surface area contributed by atoms with Gasteiger partial charge in [-0.3, -0.25) is 0 Å². The van der Waals surface area contributed by atoms with Crippen LogP contribution in [-0.4, -0.2) is 16.1 Å². The summed E-state index contributed by atoms with van der Waals surface area (Å²) in [5, 5.41) is 0. The highest BCUT2D eigenvalue weighted by molar-refractivity contribution is 4.91. The van der Waals surface area contributed by atoms with Crippen LogP contribution in [0.4, 0.5) is 0 Å². The second-order valence-corrected chi connectivity index (χ2v) is 5.22. The van der Waals surface area contributed by atoms with Crippen molar-refractivity contribution in [2.24, 2.45) is 11.1 Å². The highest BCUT2D eigenvalue weighted by Crippen LogP contribution is 2.21. The molecule has 0 amide bonds. The first-order chi connectivity index (χ1) is 7.59. The second kappa shape index (κ2) is 6.04. The lowest BCUT2D eigenvalue weighted by molar-refractivity contribution is 0.328. The molecule has 3 nitrogen and oxygen atoms in total. The zero-order chi connectivity index (χ0) is 12.0. The molecule has 1 aromatic heterocycles. The number of hydrogen-bond donors (Lipinski definition) is 1. The molecule has 16 heavy (non-hydrogen) atoms. The largest absolute Gasteiger partial charge is 0.335 e. The van der Waals surface area contributed by atoms with E-state index in [2.05, 4.69) is 36.5 Å². The van der Waals surface area contributed by atoms with Crippen LogP contribution in [0.25, 0.3) is 0 Å². The van der Waals surface area contributed by atoms with Gasteiger partial charge in [-0.05, 0) is 24.8 Å². The molecule has 0 spiro atoms. The van der Waals surface area contributed by atoms with Crippen LogP contribution in [0.2, 0.25) is 0 Å². The summed E-state index contributed by atoms with van der Waals surface area (Å²) in [5.41, 5.74) is 6.01. The van der Waals surface area contributed by atoms with Gasteiger partial charge in [-0.25, -0.2) is 4.98 Å². The van der Waals surface area contributed by atoms with E-state index in [0.29, 0.717) is 5.41 Å². The van der Waals surface area contributed by atoms with Crippen molar-refractivity contribution in [2.45, 2.75) is 53.0 Å². The quantitative estimate of drug-likeness (QED) is 0.722. The normalized spacial score (nSPS) is 12.0. The van der Waals surface area contributed by atoms with Crippen molar-refractivity contribution in [3.8, 4) is 0 Å². The molecule has 1 rings (SSSR count). The summed E-state index contributed by atoms with van der Waals surface area (Å²) in [6, 6.07) is 0. The van der Waals surface area contributed by atoms with E-state index in [1.54, 1.807) is 0 Å². The van der Waals surface area contributed by atoms with Gasteiger partial charge in [0, 0.05) is 25.4 Å². The smallest absolute Gasteiger partial charge is 0.108 e. The van der Waals surface area contributed by atoms with Crippen molar-refractivity contribution in [1.82, 2.24) is 9.55 Å². The van der Waals surface area contributed by atoms with Gasteiger partial charge in [-0.2, -0.15) is 0 Å². The molecule has 0 aliphatic rings. The van der Waals surface area contributed by atoms with Crippen LogP contribution in [0.3, 0.4) is 0 Å². The number of aryl methyl sites for hydroxylation is 2. The van der Waals surface area contributed by atoms with Gasteiger partial charge < -0.3 is 10.3 Å². The van der Waals surface area contributed by atoms with Gasteiger partial charge in [0.2, 0.25) is 0 Å². The van der Waals surface area contributed by atoms with Gasteiger partial charge in [0.05, 0.1) is 0 Å². The van der Waals surface area contributed by atoms with Crippen LogP contribution in [0, 0.1) is 5.41 Å². The van der Waals surface area contributed by atoms with E-state index in [-0.39, 0.29) is 0 Å². The van der Waals surface area contributed by atoms with Crippen LogP contribution >= 0.6 is 0 Å². The molecular formula is C13H25N3. The molecule has 1 aromatic rings. The van der Waals surface area contributed by atoms with Crippen molar-refractivity contribution >= 4 is 0 Å². The van der Waals surface area contributed by atoms with Crippen molar-refractivity contribution in [1.29, 1.82) is 0 Å². The third kappa shape index (κ3) is 3.97. The number of imidazole rings is 1. The molecule has 0 fully saturated rings. The van der Waals surface area contributed by atoms with Crippen LogP contribution in [0.5, 0.6) is 0 Å². The molecule has 0 aromatic carbocycles. The monoisotopic (exact) mass is 223 g/mol. The highest BCUT2D eigenvalue weighted by atomic mass is 15.1. The molecule has 0 saturated carbocycles. The van der Waals surface area contributed by atoms with E-state index < -0.39 is 0 Å². The van der Waals surface area contributed by atoms with E-state index in [1.165, 1.54) is 25.1 Å². The summed E-state index contributed by atoms with van der Waals surface area (Å²) >= 11 is 0. The van der Waals surface area contributed by atoms with E-state index in [4.69, 9.17) is 5.73 Å². The number of unbranched alkanes of at least 4 members (excludes halogenated alkanes) is 1. The Bertz CT molecular complexity index is 302. The van der Waals surface area contributed by atoms with Crippen molar-refractivity contribution in [3.05, 3.63) is 18.2 Å². The molecule has 2 N–H and O–H groups in total. The lowest BCUT2D eigenvalue weighted by atomic mass is 9.87. The van der Waals surface area contributed by atoms with E-state index in [0.717, 1.165) is 19.5 Å². The van der Waals surface area contributed by atoms with Crippen LogP contribution < -0.4 is 5.73 Å². The first-order valence-electron chi connectivity index (χ1n) is 6.29. The average Bonchev–Trinajstić information content (AvgIpc) is 2.72. The van der Waals surface area contributed by atoms with Crippen molar-refractivity contribution in [3.63, 3.8) is 0 Å². The summed E-state index contributed by atoms with van der Waals surface area (Å²) in [4.78, 5) is 4.32. The first kappa shape index (κ1) is 13.2. The zero-order valence-electron chi connectivity index (χ0n) is 10.9. The maximum Gasteiger partial charge on any atom is 0.108 e. The van der Waals surface area contributed by atoms with Gasteiger partial charge in [0.1, 0.15) is 5.82 Å². The number of nitrogens with zero attached hydrogens (tertiary/aromatic N) is 2. The van der Waals surface area contributed by atoms with Gasteiger partial charge >= 0.3 is 0 Å². The van der Waals surface area contributed by atoms with Gasteiger partial charge in [0.15, 0.2) is 0 Å². The fourth-order valence-electron chi connectivity index (χ4n) is 1.85. The number of aromatic nitrogens is 2. The third-order valence-electron chi connectivity index (χ3n) is 3.17. The Labute approximate surface area is 99.1 Å². The number of hydrogen-bond acceptors (Lipinski definition) is 2. The molecule has 1 heterocycles. The Balaban J connectivity index is 2.26. The minimum Gasteiger partial charge on any atom is -0.335 e. The Kier molecular flexibility index (Phi) is 5.00. The van der Waals surface area contributed by atoms with Crippen LogP contribution in [0.15, 0.2) is 12.4 Å². The lowest BCUT2D eigenvalue weighted by Gasteiger charge is -2.21. The molecule has 0 aliphatic carbocycles. The summed E-state index contributed by atoms with van der Waals surface area (Å²) < 4.78 is 2.26. The predicted octanol–water partition coefficient (Wildman–Crippen LogP) is 2.60. The summed E-state index contributed by atoms with van der Waals surface area (Å²) in [5.74, 6) is 1.19. The topological polar surface area (TPSA) is 43.8 Å². The van der Waals surface area contributed by atoms with Crippen LogP contribution in [0.1, 0.15) is 45.9 Å². The Morgan fingerprint density at radius 2 is 2.12 bits per heavy atom. The fraction of sp³-hybridized carbons (Fsp3) is 0.769. The Hall–Kier alpha value is -0.830. The van der Waals surface area contributed by atoms with E-state index >= 15 is 0 Å². The molecular weight excluding hydrogens is 198 g/mol. The average molecular weight is 223 g/mol. The SMILES string of the molecule is CCc1nccn1CCCCC(C)(C)CN. The molecule has 0 aliphatic heterocycles. The minimum absolute atomic E-state index is 0.294. The standard InChI is InChI=1S/C13H25N3/c1-4-12-15-8-10-16(12)9-6-5-7-13(2,3)11-14/h8,10H,4-7,9,11,14H2,1-3H3. The van der Waals surface area contributed by atoms with E-state index in [9.17, 15) is 0 Å². The first-order valence-corrected chi connectivity index (χ1v) is 6.29. The molecule has 0 saturated heterocycles. The predicted molar refractivity (Wildman–Crippen MR) is 68.3 cm³/mol. The lowest BCUT2D eigenvalue weighted by Crippen LogP contribution is -2.23. The van der Waals surface area contributed by atoms with E-state index in [1.807, 2.05) is 6.20 Å². The minimum atomic E-state index is 0.294. The maximum absolute atomic E-state index is 5.71. The van der Waals surface area contributed by atoms with Gasteiger partial charge in [-0.15, -0.1) is 0 Å². The summed E-state index contributed by atoms with van der Waals surface area (Å²) in [7, 11) is 0. The fourth-order valence-corrected chi connectivity index (χ4v) is 1.85. The molecule has 3 heteroatoms. The van der Waals surface area contributed by atoms with Crippen molar-refractivity contribution in [2.75, 3.05) is 6.54 Å². The second-order valence-electron chi connectivity index (χ2n) is 5.22. The summed E-state index contributed by atoms with van der Waals surface area (Å²) in [6.07, 6.45) is 8.65. The van der Waals surface area contributed by atoms with Gasteiger partial charge in [0.25, 0.3) is 0 Å². The molecule has 0 radical (unpaired) electrons. The highest BCUT2D eigenvalue weighted by Gasteiger charge is 2.14. The number of rotatable bonds is 7. The molecule has 0 atom stereocenters. The molecule has 0 unspecified atom stereocenters. The third-order valence-corrected chi connectivity index (χ3v) is 3.17. The van der Waals surface area contributed by atoms with Gasteiger partial charge in [-0.1, -0.05) is 27.2 Å². The maximum atomic E-state index is 5.71. The zero-order valence-corrected chi connectivity index (χ0v) is 10.9. The Morgan fingerprint density at radius 3 is 2.75 bits per heavy atom. The van der Waals surface area contributed by atoms with Crippen molar-refractivity contribution < 1.29 is 0 Å².